The Morgan fingerprint density at radius 3 is 2.42 bits per heavy atom. The van der Waals surface area contributed by atoms with Crippen LogP contribution in [0.5, 0.6) is 17.2 Å². The van der Waals surface area contributed by atoms with Crippen LogP contribution in [-0.4, -0.2) is 47.9 Å². The van der Waals surface area contributed by atoms with E-state index >= 15 is 0 Å². The highest BCUT2D eigenvalue weighted by molar-refractivity contribution is 6.31. The third-order valence-corrected chi connectivity index (χ3v) is 5.92. The molecule has 0 spiro atoms. The van der Waals surface area contributed by atoms with Gasteiger partial charge >= 0.3 is 0 Å². The normalized spacial score (nSPS) is 13.6. The summed E-state index contributed by atoms with van der Waals surface area (Å²) in [4.78, 5) is 17.4. The molecule has 0 radical (unpaired) electrons. The van der Waals surface area contributed by atoms with Gasteiger partial charge in [-0.25, -0.2) is 9.37 Å². The van der Waals surface area contributed by atoms with Gasteiger partial charge in [0.2, 0.25) is 0 Å². The summed E-state index contributed by atoms with van der Waals surface area (Å²) in [5.41, 5.74) is 0.200. The highest BCUT2D eigenvalue weighted by Gasteiger charge is 2.28. The van der Waals surface area contributed by atoms with Crippen molar-refractivity contribution in [2.45, 2.75) is 38.4 Å². The summed E-state index contributed by atoms with van der Waals surface area (Å²) in [6, 6.07) is 12.3. The maximum absolute atomic E-state index is 13.6. The largest absolute Gasteiger partial charge is 0.494 e. The summed E-state index contributed by atoms with van der Waals surface area (Å²) in [5.74, 6) is 0.457. The average molecular weight is 518 g/mol. The number of hydrogen-bond acceptors (Lipinski definition) is 7. The fraction of sp³-hybridized carbons (Fsp3) is 0.333. The van der Waals surface area contributed by atoms with Crippen LogP contribution in [0.25, 0.3) is 11.3 Å². The summed E-state index contributed by atoms with van der Waals surface area (Å²) >= 11 is 5.94. The molecule has 0 aliphatic rings. The van der Waals surface area contributed by atoms with E-state index in [1.165, 1.54) is 32.4 Å². The van der Waals surface area contributed by atoms with Crippen LogP contribution >= 0.6 is 11.6 Å². The molecule has 36 heavy (non-hydrogen) atoms. The Morgan fingerprint density at radius 1 is 1.08 bits per heavy atom. The van der Waals surface area contributed by atoms with E-state index in [9.17, 15) is 19.4 Å². The molecule has 0 saturated carbocycles. The van der Waals surface area contributed by atoms with Crippen LogP contribution < -0.4 is 14.2 Å². The third kappa shape index (κ3) is 6.51. The molecule has 0 fully saturated rings. The molecule has 0 saturated heterocycles. The van der Waals surface area contributed by atoms with Gasteiger partial charge in [-0.1, -0.05) is 11.6 Å². The highest BCUT2D eigenvalue weighted by atomic mass is 35.5. The minimum atomic E-state index is -1.44. The van der Waals surface area contributed by atoms with Gasteiger partial charge in [-0.2, -0.15) is 0 Å². The van der Waals surface area contributed by atoms with Crippen LogP contribution in [0.4, 0.5) is 4.39 Å². The first-order valence-electron chi connectivity index (χ1n) is 11.3. The summed E-state index contributed by atoms with van der Waals surface area (Å²) in [5, 5.41) is 20.5. The number of ether oxygens (including phenoxy) is 3. The molecule has 192 valence electrons. The molecule has 2 aromatic carbocycles. The first-order chi connectivity index (χ1) is 17.1. The van der Waals surface area contributed by atoms with Crippen LogP contribution in [0, 0.1) is 5.82 Å². The number of methoxy groups -OCH3 is 2. The monoisotopic (exact) mass is 517 g/mol. The lowest BCUT2D eigenvalue weighted by Crippen LogP contribution is -2.24. The smallest absolute Gasteiger partial charge is 0.163 e. The van der Waals surface area contributed by atoms with Gasteiger partial charge in [-0.15, -0.1) is 0 Å². The number of aliphatic hydroxyl groups is 2. The lowest BCUT2D eigenvalue weighted by atomic mass is 9.92. The number of carbonyl (C=O) groups is 1. The number of rotatable bonds is 11. The fourth-order valence-corrected chi connectivity index (χ4v) is 3.74. The summed E-state index contributed by atoms with van der Waals surface area (Å²) < 4.78 is 29.8. The van der Waals surface area contributed by atoms with E-state index < -0.39 is 17.5 Å². The van der Waals surface area contributed by atoms with E-state index in [-0.39, 0.29) is 30.3 Å². The molecule has 3 aromatic rings. The number of pyridine rings is 1. The topological polar surface area (TPSA) is 98.1 Å². The number of carbonyl (C=O) groups excluding carboxylic acids is 1. The lowest BCUT2D eigenvalue weighted by molar-refractivity contribution is 0.0397. The third-order valence-electron chi connectivity index (χ3n) is 5.63. The maximum atomic E-state index is 13.6. The number of halogens is 2. The van der Waals surface area contributed by atoms with E-state index in [2.05, 4.69) is 4.98 Å². The van der Waals surface area contributed by atoms with Crippen molar-refractivity contribution >= 4 is 17.4 Å². The first-order valence-corrected chi connectivity index (χ1v) is 11.7. The summed E-state index contributed by atoms with van der Waals surface area (Å²) in [6.45, 7) is 3.27. The number of aromatic nitrogens is 1. The second kappa shape index (κ2) is 11.7. The number of hydrogen-bond donors (Lipinski definition) is 2. The molecule has 1 unspecified atom stereocenters. The quantitative estimate of drug-likeness (QED) is 0.338. The SMILES string of the molecule is COc1cc(C(=O)CCC(C)(O)c2ccc(OC)c(-c3ccc(F)c(Cl)c3)n2)ccc1OC[C@H](C)O. The number of aliphatic hydroxyl groups excluding tert-OH is 1. The predicted octanol–water partition coefficient (Wildman–Crippen LogP) is 5.19. The van der Waals surface area contributed by atoms with Crippen molar-refractivity contribution in [3.05, 3.63) is 70.6 Å². The number of nitrogens with zero attached hydrogens (tertiary/aromatic N) is 1. The Labute approximate surface area is 214 Å². The number of benzene rings is 2. The van der Waals surface area contributed by atoms with Crippen molar-refractivity contribution in [1.82, 2.24) is 4.98 Å². The molecule has 0 amide bonds. The first kappa shape index (κ1) is 27.4. The highest BCUT2D eigenvalue weighted by Crippen LogP contribution is 2.35. The van der Waals surface area contributed by atoms with Gasteiger partial charge in [-0.3, -0.25) is 4.79 Å². The molecule has 1 aromatic heterocycles. The van der Waals surface area contributed by atoms with Gasteiger partial charge in [0.1, 0.15) is 29.5 Å². The molecule has 2 atom stereocenters. The molecule has 3 rings (SSSR count). The van der Waals surface area contributed by atoms with Gasteiger partial charge in [-0.05, 0) is 68.8 Å². The van der Waals surface area contributed by atoms with E-state index in [0.717, 1.165) is 0 Å². The predicted molar refractivity (Wildman–Crippen MR) is 134 cm³/mol. The second-order valence-corrected chi connectivity index (χ2v) is 9.01. The molecule has 0 bridgehead atoms. The Morgan fingerprint density at radius 2 is 1.78 bits per heavy atom. The number of ketones is 1. The molecule has 2 N–H and O–H groups in total. The van der Waals surface area contributed by atoms with E-state index in [1.54, 1.807) is 44.2 Å². The summed E-state index contributed by atoms with van der Waals surface area (Å²) in [6.07, 6.45) is -0.516. The zero-order chi connectivity index (χ0) is 26.5. The van der Waals surface area contributed by atoms with Crippen molar-refractivity contribution < 1.29 is 33.6 Å². The molecular formula is C27H29ClFNO6. The minimum absolute atomic E-state index is 0.0372. The van der Waals surface area contributed by atoms with Gasteiger partial charge in [0.25, 0.3) is 0 Å². The van der Waals surface area contributed by atoms with Gasteiger partial charge in [0.15, 0.2) is 17.3 Å². The molecule has 7 nitrogen and oxygen atoms in total. The standard InChI is InChI=1S/C27H29ClFNO6/c1-16(31)15-36-22-8-6-17(14-24(22)35-4)21(32)11-12-27(2,33)25-10-9-23(34-3)26(30-25)18-5-7-20(29)19(28)13-18/h5-10,13-14,16,31,33H,11-12,15H2,1-4H3/t16-,27?/m0/s1. The zero-order valence-electron chi connectivity index (χ0n) is 20.5. The Balaban J connectivity index is 1.79. The molecule has 1 heterocycles. The average Bonchev–Trinajstić information content (AvgIpc) is 2.87. The van der Waals surface area contributed by atoms with Crippen LogP contribution in [-0.2, 0) is 5.60 Å². The maximum Gasteiger partial charge on any atom is 0.163 e. The fourth-order valence-electron chi connectivity index (χ4n) is 3.56. The Bertz CT molecular complexity index is 1230. The van der Waals surface area contributed by atoms with Crippen molar-refractivity contribution in [3.8, 4) is 28.5 Å². The zero-order valence-corrected chi connectivity index (χ0v) is 21.3. The van der Waals surface area contributed by atoms with Crippen LogP contribution in [0.2, 0.25) is 5.02 Å². The van der Waals surface area contributed by atoms with Crippen molar-refractivity contribution in [2.24, 2.45) is 0 Å². The Hall–Kier alpha value is -3.20. The van der Waals surface area contributed by atoms with Crippen molar-refractivity contribution in [3.63, 3.8) is 0 Å². The minimum Gasteiger partial charge on any atom is -0.494 e. The van der Waals surface area contributed by atoms with Crippen LogP contribution in [0.15, 0.2) is 48.5 Å². The molecule has 0 aliphatic carbocycles. The van der Waals surface area contributed by atoms with Gasteiger partial charge < -0.3 is 24.4 Å². The van der Waals surface area contributed by atoms with E-state index in [0.29, 0.717) is 39.8 Å². The van der Waals surface area contributed by atoms with Crippen LogP contribution in [0.1, 0.15) is 42.7 Å². The van der Waals surface area contributed by atoms with Crippen LogP contribution in [0.3, 0.4) is 0 Å². The molecule has 9 heteroatoms. The molecule has 0 aliphatic heterocycles. The Kier molecular flexibility index (Phi) is 8.89. The van der Waals surface area contributed by atoms with E-state index in [4.69, 9.17) is 25.8 Å². The van der Waals surface area contributed by atoms with Gasteiger partial charge in [0.05, 0.1) is 31.0 Å². The second-order valence-electron chi connectivity index (χ2n) is 8.60. The molecular weight excluding hydrogens is 489 g/mol. The van der Waals surface area contributed by atoms with Gasteiger partial charge in [0, 0.05) is 17.5 Å². The van der Waals surface area contributed by atoms with E-state index in [1.807, 2.05) is 0 Å². The van der Waals surface area contributed by atoms with Crippen molar-refractivity contribution in [1.29, 1.82) is 0 Å². The number of Topliss-reactive ketones (excluding diaryl/α,β-unsaturated/α-hetero) is 1. The lowest BCUT2D eigenvalue weighted by Gasteiger charge is -2.24. The van der Waals surface area contributed by atoms with Crippen molar-refractivity contribution in [2.75, 3.05) is 20.8 Å². The summed E-state index contributed by atoms with van der Waals surface area (Å²) in [7, 11) is 2.95.